The lowest BCUT2D eigenvalue weighted by molar-refractivity contribution is 0.0989. The number of hydrogen-bond acceptors (Lipinski definition) is 4. The lowest BCUT2D eigenvalue weighted by Crippen LogP contribution is -2.15. The van der Waals surface area contributed by atoms with E-state index in [4.69, 9.17) is 11.6 Å². The molecule has 1 heterocycles. The first-order valence-corrected chi connectivity index (χ1v) is 11.8. The number of nitrogens with zero attached hydrogens (tertiary/aromatic N) is 2. The lowest BCUT2D eigenvalue weighted by Gasteiger charge is -2.08. The molecule has 0 atom stereocenters. The van der Waals surface area contributed by atoms with Gasteiger partial charge in [-0.15, -0.1) is 5.10 Å². The molecule has 0 aliphatic carbocycles. The second kappa shape index (κ2) is 8.18. The second-order valence-corrected chi connectivity index (χ2v) is 9.93. The summed E-state index contributed by atoms with van der Waals surface area (Å²) in [5.74, 6) is -1.21. The average molecular weight is 522 g/mol. The normalized spacial score (nSPS) is 11.7. The molecular weight excluding hydrogens is 507 g/mol. The fourth-order valence-electron chi connectivity index (χ4n) is 3.30. The molecule has 0 N–H and O–H groups in total. The molecule has 4 aromatic rings. The van der Waals surface area contributed by atoms with E-state index in [1.54, 1.807) is 43.3 Å². The lowest BCUT2D eigenvalue weighted by atomic mass is 10.0. The van der Waals surface area contributed by atoms with Gasteiger partial charge in [-0.2, -0.15) is 12.5 Å². The SMILES string of the molecule is Cc1cccc(S(=O)(=O)n2nc(Br)c3ccc(CC(=O)c4c(F)cccc4Cl)cc32)c1. The van der Waals surface area contributed by atoms with E-state index in [2.05, 4.69) is 21.0 Å². The van der Waals surface area contributed by atoms with Gasteiger partial charge < -0.3 is 0 Å². The molecule has 0 bridgehead atoms. The minimum Gasteiger partial charge on any atom is -0.294 e. The van der Waals surface area contributed by atoms with Crippen LogP contribution >= 0.6 is 27.5 Å². The van der Waals surface area contributed by atoms with Crippen LogP contribution in [0, 0.1) is 12.7 Å². The van der Waals surface area contributed by atoms with Gasteiger partial charge >= 0.3 is 0 Å². The first kappa shape index (κ1) is 21.7. The first-order chi connectivity index (χ1) is 14.7. The molecule has 4 rings (SSSR count). The molecule has 158 valence electrons. The number of fused-ring (bicyclic) bond motifs is 1. The zero-order valence-electron chi connectivity index (χ0n) is 16.1. The van der Waals surface area contributed by atoms with Gasteiger partial charge in [0.15, 0.2) is 5.78 Å². The first-order valence-electron chi connectivity index (χ1n) is 9.15. The summed E-state index contributed by atoms with van der Waals surface area (Å²) in [6.07, 6.45) is -0.149. The third-order valence-electron chi connectivity index (χ3n) is 4.79. The summed E-state index contributed by atoms with van der Waals surface area (Å²) >= 11 is 9.29. The van der Waals surface area contributed by atoms with Crippen LogP contribution in [-0.4, -0.2) is 23.4 Å². The maximum atomic E-state index is 14.1. The van der Waals surface area contributed by atoms with E-state index in [0.29, 0.717) is 21.1 Å². The number of benzene rings is 3. The highest BCUT2D eigenvalue weighted by atomic mass is 79.9. The van der Waals surface area contributed by atoms with E-state index in [9.17, 15) is 17.6 Å². The second-order valence-electron chi connectivity index (χ2n) is 7.00. The van der Waals surface area contributed by atoms with Gasteiger partial charge in [0.1, 0.15) is 10.4 Å². The van der Waals surface area contributed by atoms with Gasteiger partial charge in [0.2, 0.25) is 0 Å². The Bertz CT molecular complexity index is 1430. The quantitative estimate of drug-likeness (QED) is 0.322. The summed E-state index contributed by atoms with van der Waals surface area (Å²) in [6.45, 7) is 1.80. The Morgan fingerprint density at radius 2 is 1.87 bits per heavy atom. The van der Waals surface area contributed by atoms with Gasteiger partial charge in [-0.05, 0) is 70.4 Å². The maximum Gasteiger partial charge on any atom is 0.283 e. The highest BCUT2D eigenvalue weighted by molar-refractivity contribution is 9.10. The summed E-state index contributed by atoms with van der Waals surface area (Å²) in [5.41, 5.74) is 1.42. The van der Waals surface area contributed by atoms with E-state index >= 15 is 0 Å². The number of carbonyl (C=O) groups is 1. The summed E-state index contributed by atoms with van der Waals surface area (Å²) in [4.78, 5) is 12.8. The number of hydrogen-bond donors (Lipinski definition) is 0. The molecule has 0 amide bonds. The fourth-order valence-corrected chi connectivity index (χ4v) is 5.56. The van der Waals surface area contributed by atoms with Crippen LogP contribution in [0.2, 0.25) is 5.02 Å². The predicted octanol–water partition coefficient (Wildman–Crippen LogP) is 5.56. The molecule has 0 saturated carbocycles. The molecule has 0 unspecified atom stereocenters. The van der Waals surface area contributed by atoms with Crippen LogP contribution < -0.4 is 0 Å². The smallest absolute Gasteiger partial charge is 0.283 e. The van der Waals surface area contributed by atoms with Crippen LogP contribution in [0.15, 0.2) is 70.2 Å². The topological polar surface area (TPSA) is 69.0 Å². The fraction of sp³-hybridized carbons (Fsp3) is 0.0909. The van der Waals surface area contributed by atoms with Gasteiger partial charge in [0.05, 0.1) is 21.0 Å². The van der Waals surface area contributed by atoms with Crippen LogP contribution in [0.5, 0.6) is 0 Å². The highest BCUT2D eigenvalue weighted by Crippen LogP contribution is 2.29. The highest BCUT2D eigenvalue weighted by Gasteiger charge is 2.23. The Hall–Kier alpha value is -2.55. The minimum absolute atomic E-state index is 0.0286. The van der Waals surface area contributed by atoms with Crippen LogP contribution in [0.4, 0.5) is 4.39 Å². The Labute approximate surface area is 191 Å². The largest absolute Gasteiger partial charge is 0.294 e. The Morgan fingerprint density at radius 1 is 1.13 bits per heavy atom. The van der Waals surface area contributed by atoms with Crippen LogP contribution in [0.25, 0.3) is 10.9 Å². The summed E-state index contributed by atoms with van der Waals surface area (Å²) in [7, 11) is -3.97. The van der Waals surface area contributed by atoms with E-state index in [-0.39, 0.29) is 21.9 Å². The zero-order valence-corrected chi connectivity index (χ0v) is 19.3. The third kappa shape index (κ3) is 4.03. The number of rotatable bonds is 5. The molecule has 0 fully saturated rings. The van der Waals surface area contributed by atoms with Crippen LogP contribution in [0.3, 0.4) is 0 Å². The number of ketones is 1. The average Bonchev–Trinajstić information content (AvgIpc) is 3.04. The number of aromatic nitrogens is 2. The Kier molecular flexibility index (Phi) is 5.72. The Morgan fingerprint density at radius 3 is 2.58 bits per heavy atom. The zero-order chi connectivity index (χ0) is 22.3. The van der Waals surface area contributed by atoms with Gasteiger partial charge in [-0.25, -0.2) is 4.39 Å². The molecular formula is C22H15BrClFN2O3S. The molecule has 0 aliphatic rings. The molecule has 5 nitrogen and oxygen atoms in total. The molecule has 0 saturated heterocycles. The number of aryl methyl sites for hydroxylation is 1. The molecule has 0 radical (unpaired) electrons. The molecule has 0 spiro atoms. The summed E-state index contributed by atoms with van der Waals surface area (Å²) in [6, 6.07) is 15.5. The van der Waals surface area contributed by atoms with Crippen molar-refractivity contribution in [2.45, 2.75) is 18.2 Å². The van der Waals surface area contributed by atoms with E-state index < -0.39 is 21.6 Å². The van der Waals surface area contributed by atoms with Crippen LogP contribution in [-0.2, 0) is 16.4 Å². The Balaban J connectivity index is 1.79. The van der Waals surface area contributed by atoms with Crippen molar-refractivity contribution in [2.24, 2.45) is 0 Å². The number of carbonyl (C=O) groups excluding carboxylic acids is 1. The minimum atomic E-state index is -3.97. The van der Waals surface area contributed by atoms with Crippen molar-refractivity contribution >= 4 is 54.2 Å². The van der Waals surface area contributed by atoms with E-state index in [1.165, 1.54) is 24.3 Å². The van der Waals surface area contributed by atoms with Crippen molar-refractivity contribution in [2.75, 3.05) is 0 Å². The monoisotopic (exact) mass is 520 g/mol. The molecule has 31 heavy (non-hydrogen) atoms. The molecule has 0 aliphatic heterocycles. The van der Waals surface area contributed by atoms with Crippen molar-refractivity contribution < 1.29 is 17.6 Å². The maximum absolute atomic E-state index is 14.1. The van der Waals surface area contributed by atoms with Gasteiger partial charge in [-0.3, -0.25) is 4.79 Å². The van der Waals surface area contributed by atoms with Crippen molar-refractivity contribution in [3.63, 3.8) is 0 Å². The summed E-state index contributed by atoms with van der Waals surface area (Å²) < 4.78 is 41.8. The molecule has 9 heteroatoms. The van der Waals surface area contributed by atoms with E-state index in [1.807, 2.05) is 0 Å². The van der Waals surface area contributed by atoms with Gasteiger partial charge in [0.25, 0.3) is 10.0 Å². The molecule has 3 aromatic carbocycles. The molecule has 1 aromatic heterocycles. The summed E-state index contributed by atoms with van der Waals surface area (Å²) in [5, 5.41) is 4.75. The van der Waals surface area contributed by atoms with Crippen molar-refractivity contribution in [3.8, 4) is 0 Å². The predicted molar refractivity (Wildman–Crippen MR) is 121 cm³/mol. The third-order valence-corrected chi connectivity index (χ3v) is 7.27. The number of halogens is 3. The van der Waals surface area contributed by atoms with Crippen molar-refractivity contribution in [3.05, 3.63) is 92.8 Å². The van der Waals surface area contributed by atoms with Crippen molar-refractivity contribution in [1.82, 2.24) is 9.19 Å². The van der Waals surface area contributed by atoms with Crippen LogP contribution in [0.1, 0.15) is 21.5 Å². The van der Waals surface area contributed by atoms with E-state index in [0.717, 1.165) is 9.65 Å². The van der Waals surface area contributed by atoms with Crippen molar-refractivity contribution in [1.29, 1.82) is 0 Å². The van der Waals surface area contributed by atoms with Gasteiger partial charge in [-0.1, -0.05) is 35.9 Å². The number of Topliss-reactive ketones (excluding diaryl/α,β-unsaturated/α-hetero) is 1. The standard InChI is InChI=1S/C22H15BrClFN2O3S/c1-13-4-2-5-15(10-13)31(29,30)27-19-11-14(8-9-16(19)22(23)26-27)12-20(28)21-17(24)6-3-7-18(21)25/h2-11H,12H2,1H3. The van der Waals surface area contributed by atoms with Gasteiger partial charge in [0, 0.05) is 11.8 Å².